The number of carbonyl (C=O) groups is 4. The highest BCUT2D eigenvalue weighted by Crippen LogP contribution is 2.77. The summed E-state index contributed by atoms with van der Waals surface area (Å²) >= 11 is 51.4. The lowest BCUT2D eigenvalue weighted by Gasteiger charge is -2.36. The fraction of sp³-hybridized carbons (Fsp3) is 0.250. The summed E-state index contributed by atoms with van der Waals surface area (Å²) in [5.74, 6) is -7.33. The summed E-state index contributed by atoms with van der Waals surface area (Å²) < 4.78 is -2.23. The number of fused-ring (bicyclic) bond motifs is 5. The van der Waals surface area contributed by atoms with Crippen molar-refractivity contribution in [2.75, 3.05) is 6.54 Å². The number of nitro groups is 1. The highest BCUT2D eigenvalue weighted by molar-refractivity contribution is 6.66. The van der Waals surface area contributed by atoms with Gasteiger partial charge in [-0.3, -0.25) is 29.3 Å². The van der Waals surface area contributed by atoms with Gasteiger partial charge in [-0.15, -0.1) is 23.2 Å². The van der Waals surface area contributed by atoms with Crippen molar-refractivity contribution in [2.45, 2.75) is 14.1 Å². The third-order valence-corrected chi connectivity index (χ3v) is 12.0. The van der Waals surface area contributed by atoms with E-state index in [1.165, 1.54) is 30.3 Å². The lowest BCUT2D eigenvalue weighted by Crippen LogP contribution is -2.56. The van der Waals surface area contributed by atoms with Gasteiger partial charge in [0.2, 0.25) is 0 Å². The molecule has 3 aliphatic rings. The first-order valence-corrected chi connectivity index (χ1v) is 14.3. The van der Waals surface area contributed by atoms with E-state index >= 15 is 0 Å². The van der Waals surface area contributed by atoms with Crippen molar-refractivity contribution in [3.05, 3.63) is 83.8 Å². The zero-order valence-corrected chi connectivity index (χ0v) is 25.8. The predicted octanol–water partition coefficient (Wildman–Crippen LogP) is 6.59. The van der Waals surface area contributed by atoms with Crippen LogP contribution in [-0.2, 0) is 9.59 Å². The number of ketones is 1. The van der Waals surface area contributed by atoms with Gasteiger partial charge in [0.25, 0.3) is 23.4 Å². The number of benzene rings is 2. The summed E-state index contributed by atoms with van der Waals surface area (Å²) in [7, 11) is 0. The molecule has 2 bridgehead atoms. The molecule has 2 aromatic carbocycles. The molecule has 4 atom stereocenters. The Bertz CT molecular complexity index is 1590. The molecule has 3 amide bonds. The average Bonchev–Trinajstić information content (AvgIpc) is 3.30. The van der Waals surface area contributed by atoms with E-state index in [4.69, 9.17) is 92.8 Å². The van der Waals surface area contributed by atoms with Crippen LogP contribution in [-0.4, -0.2) is 59.1 Å². The summed E-state index contributed by atoms with van der Waals surface area (Å²) in [4.78, 5) is 61.2. The Morgan fingerprint density at radius 1 is 0.902 bits per heavy atom. The second-order valence-corrected chi connectivity index (χ2v) is 13.4. The quantitative estimate of drug-likeness (QED) is 0.109. The van der Waals surface area contributed by atoms with Crippen LogP contribution in [0.15, 0.2) is 52.5 Å². The molecule has 5 rings (SSSR count). The Labute approximate surface area is 270 Å². The number of non-ortho nitro benzene ring substituents is 1. The van der Waals surface area contributed by atoms with Crippen molar-refractivity contribution < 1.29 is 24.1 Å². The van der Waals surface area contributed by atoms with Crippen molar-refractivity contribution in [3.63, 3.8) is 0 Å². The van der Waals surface area contributed by atoms with Crippen LogP contribution in [0.3, 0.4) is 0 Å². The summed E-state index contributed by atoms with van der Waals surface area (Å²) in [6.07, 6.45) is 0. The number of hydrazine groups is 1. The minimum absolute atomic E-state index is 0.162. The van der Waals surface area contributed by atoms with Gasteiger partial charge < -0.3 is 0 Å². The van der Waals surface area contributed by atoms with Gasteiger partial charge in [0.15, 0.2) is 10.1 Å². The molecule has 41 heavy (non-hydrogen) atoms. The molecule has 2 aliphatic carbocycles. The smallest absolute Gasteiger partial charge is 0.274 e. The maximum atomic E-state index is 13.9. The number of nitrogens with zero attached hydrogens (tertiary/aromatic N) is 3. The molecule has 1 aliphatic heterocycles. The van der Waals surface area contributed by atoms with Crippen LogP contribution in [0, 0.1) is 22.0 Å². The zero-order valence-electron chi connectivity index (χ0n) is 19.7. The monoisotopic (exact) mass is 717 g/mol. The number of halogens is 8. The van der Waals surface area contributed by atoms with Crippen molar-refractivity contribution >= 4 is 122 Å². The van der Waals surface area contributed by atoms with Gasteiger partial charge >= 0.3 is 0 Å². The fourth-order valence-electron chi connectivity index (χ4n) is 5.27. The molecule has 0 radical (unpaired) electrons. The molecule has 17 heteroatoms. The summed E-state index contributed by atoms with van der Waals surface area (Å²) in [5.41, 5.74) is -0.824. The van der Waals surface area contributed by atoms with Crippen LogP contribution in [0.5, 0.6) is 0 Å². The van der Waals surface area contributed by atoms with Gasteiger partial charge in [-0.05, 0) is 18.2 Å². The van der Waals surface area contributed by atoms with Gasteiger partial charge in [-0.1, -0.05) is 81.7 Å². The molecule has 0 aromatic heterocycles. The maximum Gasteiger partial charge on any atom is 0.274 e. The topological polar surface area (TPSA) is 118 Å². The number of Topliss-reactive ketones (excluding diaryl/α,β-unsaturated/α-hetero) is 1. The molecule has 0 unspecified atom stereocenters. The van der Waals surface area contributed by atoms with Crippen molar-refractivity contribution in [2.24, 2.45) is 11.8 Å². The second kappa shape index (κ2) is 10.1. The number of hydrogen-bond donors (Lipinski definition) is 0. The number of allylic oxidation sites excluding steroid dienone is 2. The Hall–Kier alpha value is -1.82. The van der Waals surface area contributed by atoms with Crippen LogP contribution in [0.4, 0.5) is 5.69 Å². The van der Waals surface area contributed by atoms with Crippen LogP contribution in [0.2, 0.25) is 10.0 Å². The van der Waals surface area contributed by atoms with Gasteiger partial charge in [0.05, 0.1) is 37.4 Å². The van der Waals surface area contributed by atoms with E-state index in [-0.39, 0.29) is 31.2 Å². The van der Waals surface area contributed by atoms with Gasteiger partial charge in [0, 0.05) is 22.7 Å². The number of hydrogen-bond acceptors (Lipinski definition) is 6. The van der Waals surface area contributed by atoms with E-state index in [1.807, 2.05) is 0 Å². The summed E-state index contributed by atoms with van der Waals surface area (Å²) in [6, 6.07) is 8.43. The third kappa shape index (κ3) is 4.04. The number of alkyl halides is 4. The third-order valence-electron chi connectivity index (χ3n) is 7.20. The van der Waals surface area contributed by atoms with E-state index < -0.39 is 66.6 Å². The number of rotatable bonds is 6. The largest absolute Gasteiger partial charge is 0.292 e. The van der Waals surface area contributed by atoms with Crippen molar-refractivity contribution in [3.8, 4) is 0 Å². The van der Waals surface area contributed by atoms with Crippen molar-refractivity contribution in [1.29, 1.82) is 0 Å². The molecule has 9 nitrogen and oxygen atoms in total. The van der Waals surface area contributed by atoms with Crippen molar-refractivity contribution in [1.82, 2.24) is 10.0 Å². The second-order valence-electron chi connectivity index (χ2n) is 9.29. The molecule has 214 valence electrons. The van der Waals surface area contributed by atoms with Crippen LogP contribution < -0.4 is 0 Å². The first-order valence-electron chi connectivity index (χ1n) is 11.3. The highest BCUT2D eigenvalue weighted by atomic mass is 35.5. The van der Waals surface area contributed by atoms with Crippen LogP contribution in [0.1, 0.15) is 20.7 Å². The predicted molar refractivity (Wildman–Crippen MR) is 154 cm³/mol. The van der Waals surface area contributed by atoms with E-state index in [0.29, 0.717) is 10.0 Å². The molecule has 1 saturated heterocycles. The van der Waals surface area contributed by atoms with E-state index in [0.717, 1.165) is 12.1 Å². The molecule has 2 fully saturated rings. The molecule has 1 saturated carbocycles. The lowest BCUT2D eigenvalue weighted by molar-refractivity contribution is -0.384. The van der Waals surface area contributed by atoms with Gasteiger partial charge in [0.1, 0.15) is 16.3 Å². The molecule has 0 N–H and O–H groups in total. The lowest BCUT2D eigenvalue weighted by atomic mass is 9.84. The Kier molecular flexibility index (Phi) is 7.57. The highest BCUT2D eigenvalue weighted by Gasteiger charge is 2.88. The maximum absolute atomic E-state index is 13.9. The Morgan fingerprint density at radius 2 is 1.46 bits per heavy atom. The number of nitro benzene ring substituents is 1. The van der Waals surface area contributed by atoms with Gasteiger partial charge in [-0.25, -0.2) is 5.01 Å². The van der Waals surface area contributed by atoms with Gasteiger partial charge in [-0.2, -0.15) is 5.01 Å². The molecule has 1 heterocycles. The molecular weight excluding hydrogens is 710 g/mol. The first kappa shape index (κ1) is 30.6. The number of carbonyl (C=O) groups excluding carboxylic acids is 4. The minimum Gasteiger partial charge on any atom is -0.292 e. The van der Waals surface area contributed by atoms with Crippen LogP contribution in [0.25, 0.3) is 0 Å². The Morgan fingerprint density at radius 3 is 1.98 bits per heavy atom. The Balaban J connectivity index is 1.61. The SMILES string of the molecule is O=C(CN(C(=O)c1ccc(Cl)cc1Cl)N1C(=O)[C@@H]2[C@@H](C1=O)[C@@]1(Cl)C(Cl)=C(Cl)[C@@]2(Cl)C1(Cl)Cl)c1cccc([N+](=O)[O-])c1. The number of amides is 3. The fourth-order valence-corrected chi connectivity index (χ4v) is 8.69. The normalized spacial score (nSPS) is 27.9. The first-order chi connectivity index (χ1) is 19.0. The zero-order chi connectivity index (χ0) is 30.4. The standard InChI is InChI=1S/C24H11Cl8N3O6/c25-10-4-5-12(13(26)7-10)19(37)33(8-14(36)9-2-1-3-11(6-9)35(40)41)34-20(38)15-16(21(34)39)23(30)18(28)17(27)22(15,29)24(23,31)32/h1-7,15-16H,8H2/t15-,16-,22+,23+/m0/s1. The van der Waals surface area contributed by atoms with E-state index in [2.05, 4.69) is 0 Å². The van der Waals surface area contributed by atoms with E-state index in [1.54, 1.807) is 0 Å². The molecule has 0 spiro atoms. The number of imide groups is 1. The summed E-state index contributed by atoms with van der Waals surface area (Å²) in [6.45, 7) is -0.942. The molecule has 2 aromatic rings. The van der Waals surface area contributed by atoms with Crippen LogP contribution >= 0.6 is 92.8 Å². The molecular formula is C24H11Cl8N3O6. The average molecular weight is 721 g/mol. The van der Waals surface area contributed by atoms with E-state index in [9.17, 15) is 29.3 Å². The minimum atomic E-state index is -2.23. The summed E-state index contributed by atoms with van der Waals surface area (Å²) in [5, 5.41) is 11.5.